The predicted molar refractivity (Wildman–Crippen MR) is 116 cm³/mol. The summed E-state index contributed by atoms with van der Waals surface area (Å²) in [7, 11) is 1.81. The molecule has 2 fully saturated rings. The number of likely N-dealkylation sites (tertiary alicyclic amines) is 1. The standard InChI is InChI=1S/C25H29N3O2/c1-26-24(30)28(14-11-19-7-3-2-4-8-19)23(29)25(26)12-15-27(16-13-25)22-17-20-9-5-6-10-21(20)18-22/h2-10,22H,11-18H2,1H3. The Bertz CT molecular complexity index is 925. The van der Waals surface area contributed by atoms with Crippen molar-refractivity contribution in [3.05, 3.63) is 71.3 Å². The molecule has 30 heavy (non-hydrogen) atoms. The summed E-state index contributed by atoms with van der Waals surface area (Å²) in [6, 6.07) is 19.1. The molecule has 2 aliphatic heterocycles. The molecule has 0 aromatic heterocycles. The number of urea groups is 1. The van der Waals surface area contributed by atoms with E-state index >= 15 is 0 Å². The highest BCUT2D eigenvalue weighted by molar-refractivity contribution is 6.07. The van der Waals surface area contributed by atoms with E-state index in [-0.39, 0.29) is 11.9 Å². The van der Waals surface area contributed by atoms with Gasteiger partial charge in [-0.15, -0.1) is 0 Å². The van der Waals surface area contributed by atoms with Crippen molar-refractivity contribution in [2.24, 2.45) is 0 Å². The highest BCUT2D eigenvalue weighted by atomic mass is 16.2. The van der Waals surface area contributed by atoms with Crippen molar-refractivity contribution >= 4 is 11.9 Å². The van der Waals surface area contributed by atoms with Crippen LogP contribution in [0.4, 0.5) is 4.79 Å². The molecule has 1 aliphatic carbocycles. The van der Waals surface area contributed by atoms with Crippen LogP contribution in [0.5, 0.6) is 0 Å². The Labute approximate surface area is 178 Å². The molecule has 3 aliphatic rings. The molecule has 2 aromatic carbocycles. The molecule has 3 amide bonds. The lowest BCUT2D eigenvalue weighted by Crippen LogP contribution is -2.57. The van der Waals surface area contributed by atoms with Gasteiger partial charge in [0.05, 0.1) is 0 Å². The summed E-state index contributed by atoms with van der Waals surface area (Å²) < 4.78 is 0. The largest absolute Gasteiger partial charge is 0.327 e. The van der Waals surface area contributed by atoms with Crippen LogP contribution in [-0.2, 0) is 24.1 Å². The number of hydrogen-bond acceptors (Lipinski definition) is 3. The highest BCUT2D eigenvalue weighted by Gasteiger charge is 2.56. The Hall–Kier alpha value is -2.66. The van der Waals surface area contributed by atoms with Crippen LogP contribution in [0.25, 0.3) is 0 Å². The van der Waals surface area contributed by atoms with Crippen molar-refractivity contribution in [3.8, 4) is 0 Å². The first-order chi connectivity index (χ1) is 14.6. The van der Waals surface area contributed by atoms with Crippen molar-refractivity contribution in [3.63, 3.8) is 0 Å². The fourth-order valence-electron chi connectivity index (χ4n) is 5.53. The Morgan fingerprint density at radius 3 is 2.13 bits per heavy atom. The molecule has 156 valence electrons. The van der Waals surface area contributed by atoms with Crippen LogP contribution in [0, 0.1) is 0 Å². The lowest BCUT2D eigenvalue weighted by Gasteiger charge is -2.43. The number of carbonyl (C=O) groups is 2. The number of fused-ring (bicyclic) bond motifs is 1. The maximum Gasteiger partial charge on any atom is 0.327 e. The second kappa shape index (κ2) is 7.55. The molecule has 1 spiro atoms. The van der Waals surface area contributed by atoms with Crippen LogP contribution >= 0.6 is 0 Å². The molecule has 0 unspecified atom stereocenters. The molecule has 0 bridgehead atoms. The van der Waals surface area contributed by atoms with E-state index in [0.717, 1.165) is 44.3 Å². The predicted octanol–water partition coefficient (Wildman–Crippen LogP) is 3.13. The van der Waals surface area contributed by atoms with Crippen LogP contribution in [0.3, 0.4) is 0 Å². The third kappa shape index (κ3) is 3.12. The van der Waals surface area contributed by atoms with Crippen LogP contribution < -0.4 is 0 Å². The number of likely N-dealkylation sites (N-methyl/N-ethyl adjacent to an activating group) is 1. The SMILES string of the molecule is CN1C(=O)N(CCc2ccccc2)C(=O)C12CCN(C1Cc3ccccc3C1)CC2. The van der Waals surface area contributed by atoms with Crippen molar-refractivity contribution < 1.29 is 9.59 Å². The minimum atomic E-state index is -0.657. The van der Waals surface area contributed by atoms with Crippen LogP contribution in [0.2, 0.25) is 0 Å². The van der Waals surface area contributed by atoms with Gasteiger partial charge in [0.25, 0.3) is 5.91 Å². The van der Waals surface area contributed by atoms with E-state index in [4.69, 9.17) is 0 Å². The summed E-state index contributed by atoms with van der Waals surface area (Å²) in [6.07, 6.45) is 4.34. The molecular weight excluding hydrogens is 374 g/mol. The van der Waals surface area contributed by atoms with Crippen LogP contribution in [-0.4, -0.2) is 64.9 Å². The maximum atomic E-state index is 13.4. The zero-order valence-corrected chi connectivity index (χ0v) is 17.6. The van der Waals surface area contributed by atoms with E-state index in [0.29, 0.717) is 19.0 Å². The quantitative estimate of drug-likeness (QED) is 0.737. The van der Waals surface area contributed by atoms with Gasteiger partial charge in [0.1, 0.15) is 5.54 Å². The summed E-state index contributed by atoms with van der Waals surface area (Å²) in [5.41, 5.74) is 3.41. The molecular formula is C25H29N3O2. The van der Waals surface area contributed by atoms with Gasteiger partial charge in [-0.25, -0.2) is 4.79 Å². The zero-order valence-electron chi connectivity index (χ0n) is 17.6. The first-order valence-electron chi connectivity index (χ1n) is 11.0. The van der Waals surface area contributed by atoms with E-state index in [1.54, 1.807) is 4.90 Å². The van der Waals surface area contributed by atoms with E-state index in [9.17, 15) is 9.59 Å². The Morgan fingerprint density at radius 1 is 0.900 bits per heavy atom. The van der Waals surface area contributed by atoms with Gasteiger partial charge in [-0.1, -0.05) is 54.6 Å². The van der Waals surface area contributed by atoms with E-state index in [1.165, 1.54) is 16.0 Å². The maximum absolute atomic E-state index is 13.4. The molecule has 0 radical (unpaired) electrons. The number of rotatable bonds is 4. The van der Waals surface area contributed by atoms with Gasteiger partial charge in [0, 0.05) is 32.7 Å². The van der Waals surface area contributed by atoms with E-state index < -0.39 is 5.54 Å². The molecule has 5 nitrogen and oxygen atoms in total. The number of hydrogen-bond donors (Lipinski definition) is 0. The molecule has 5 heteroatoms. The number of carbonyl (C=O) groups excluding carboxylic acids is 2. The second-order valence-electron chi connectivity index (χ2n) is 8.93. The third-order valence-corrected chi connectivity index (χ3v) is 7.44. The lowest BCUT2D eigenvalue weighted by atomic mass is 9.85. The van der Waals surface area contributed by atoms with Crippen molar-refractivity contribution in [1.29, 1.82) is 0 Å². The first-order valence-corrected chi connectivity index (χ1v) is 11.0. The molecule has 0 N–H and O–H groups in total. The second-order valence-corrected chi connectivity index (χ2v) is 8.93. The van der Waals surface area contributed by atoms with Crippen LogP contribution in [0.1, 0.15) is 29.5 Å². The average molecular weight is 404 g/mol. The van der Waals surface area contributed by atoms with Gasteiger partial charge >= 0.3 is 6.03 Å². The average Bonchev–Trinajstić information content (AvgIpc) is 3.29. The number of amides is 3. The fraction of sp³-hybridized carbons (Fsp3) is 0.440. The minimum absolute atomic E-state index is 0.000268. The van der Waals surface area contributed by atoms with Gasteiger partial charge in [-0.2, -0.15) is 0 Å². The molecule has 2 saturated heterocycles. The summed E-state index contributed by atoms with van der Waals surface area (Å²) in [5.74, 6) is 0.000268. The Balaban J connectivity index is 1.24. The Morgan fingerprint density at radius 2 is 1.50 bits per heavy atom. The third-order valence-electron chi connectivity index (χ3n) is 7.44. The van der Waals surface area contributed by atoms with Gasteiger partial charge in [0.2, 0.25) is 0 Å². The number of benzene rings is 2. The van der Waals surface area contributed by atoms with E-state index in [1.807, 2.05) is 37.4 Å². The van der Waals surface area contributed by atoms with Gasteiger partial charge in [-0.05, 0) is 48.8 Å². The summed E-state index contributed by atoms with van der Waals surface area (Å²) in [5, 5.41) is 0. The number of piperidine rings is 1. The summed E-state index contributed by atoms with van der Waals surface area (Å²) >= 11 is 0. The first kappa shape index (κ1) is 19.3. The summed E-state index contributed by atoms with van der Waals surface area (Å²) in [6.45, 7) is 2.19. The van der Waals surface area contributed by atoms with Crippen molar-refractivity contribution in [2.75, 3.05) is 26.7 Å². The van der Waals surface area contributed by atoms with Crippen LogP contribution in [0.15, 0.2) is 54.6 Å². The topological polar surface area (TPSA) is 43.9 Å². The van der Waals surface area contributed by atoms with Gasteiger partial charge in [-0.3, -0.25) is 14.6 Å². The Kier molecular flexibility index (Phi) is 4.86. The molecule has 5 rings (SSSR count). The molecule has 2 aromatic rings. The van der Waals surface area contributed by atoms with Crippen molar-refractivity contribution in [1.82, 2.24) is 14.7 Å². The fourth-order valence-corrected chi connectivity index (χ4v) is 5.53. The summed E-state index contributed by atoms with van der Waals surface area (Å²) in [4.78, 5) is 32.0. The smallest absolute Gasteiger partial charge is 0.312 e. The zero-order chi connectivity index (χ0) is 20.7. The normalized spacial score (nSPS) is 21.6. The molecule has 2 heterocycles. The molecule has 0 atom stereocenters. The number of imide groups is 1. The minimum Gasteiger partial charge on any atom is -0.312 e. The monoisotopic (exact) mass is 403 g/mol. The van der Waals surface area contributed by atoms with E-state index in [2.05, 4.69) is 29.2 Å². The highest BCUT2D eigenvalue weighted by Crippen LogP contribution is 2.38. The lowest BCUT2D eigenvalue weighted by molar-refractivity contribution is -0.135. The van der Waals surface area contributed by atoms with Crippen molar-refractivity contribution in [2.45, 2.75) is 43.7 Å². The van der Waals surface area contributed by atoms with Gasteiger partial charge in [0.15, 0.2) is 0 Å². The van der Waals surface area contributed by atoms with Gasteiger partial charge < -0.3 is 4.90 Å². The number of nitrogens with zero attached hydrogens (tertiary/aromatic N) is 3. The molecule has 0 saturated carbocycles.